The Morgan fingerprint density at radius 3 is 2.10 bits per heavy atom. The van der Waals surface area contributed by atoms with Crippen molar-refractivity contribution in [1.29, 1.82) is 0 Å². The van der Waals surface area contributed by atoms with Gasteiger partial charge in [-0.3, -0.25) is 4.79 Å². The van der Waals surface area contributed by atoms with E-state index in [0.29, 0.717) is 0 Å². The average Bonchev–Trinajstić information content (AvgIpc) is 3.29. The lowest BCUT2D eigenvalue weighted by molar-refractivity contribution is -0.166. The van der Waals surface area contributed by atoms with Gasteiger partial charge in [0.2, 0.25) is 6.10 Å². The van der Waals surface area contributed by atoms with Crippen molar-refractivity contribution in [3.63, 3.8) is 0 Å². The Labute approximate surface area is 219 Å². The van der Waals surface area contributed by atoms with Crippen LogP contribution in [0.3, 0.4) is 0 Å². The fourth-order valence-corrected chi connectivity index (χ4v) is 4.22. The van der Waals surface area contributed by atoms with Crippen LogP contribution in [0, 0.1) is 0 Å². The lowest BCUT2D eigenvalue weighted by atomic mass is 9.87. The summed E-state index contributed by atoms with van der Waals surface area (Å²) in [5.74, 6) is -7.87. The van der Waals surface area contributed by atoms with E-state index in [1.54, 1.807) is 0 Å². The number of carbonyl (C=O) groups is 3. The van der Waals surface area contributed by atoms with Gasteiger partial charge in [-0.25, -0.2) is 9.59 Å². The van der Waals surface area contributed by atoms with Gasteiger partial charge in [0.1, 0.15) is 12.0 Å². The molecule has 12 nitrogen and oxygen atoms in total. The number of aromatic hydroxyl groups is 5. The van der Waals surface area contributed by atoms with Crippen molar-refractivity contribution in [2.45, 2.75) is 24.5 Å². The van der Waals surface area contributed by atoms with Crippen molar-refractivity contribution in [2.75, 3.05) is 0 Å². The van der Waals surface area contributed by atoms with Gasteiger partial charge in [-0.2, -0.15) is 0 Å². The molecule has 4 rings (SSSR count). The minimum absolute atomic E-state index is 0.0153. The number of phenols is 5. The van der Waals surface area contributed by atoms with Crippen molar-refractivity contribution in [3.05, 3.63) is 76.9 Å². The standard InChI is InChI=1S/C27H22O12/c28-15-5-1-12(9-18(15)31)10-20(26(35)36)38-27(37)23-22-13(4-8-21(33)34)2-7-17(30)25(22)39-24(23)14-3-6-16(29)19(32)11-14/h1-9,11,20,23-24,28-32H,10H2,(H,33,34)(H,35,36)/t20-,23-,24-/m1/s1. The van der Waals surface area contributed by atoms with E-state index >= 15 is 0 Å². The van der Waals surface area contributed by atoms with E-state index < -0.39 is 64.8 Å². The normalized spacial score (nSPS) is 16.8. The lowest BCUT2D eigenvalue weighted by Gasteiger charge is -2.22. The minimum Gasteiger partial charge on any atom is -0.504 e. The zero-order valence-corrected chi connectivity index (χ0v) is 19.9. The summed E-state index contributed by atoms with van der Waals surface area (Å²) in [7, 11) is 0. The number of hydrogen-bond donors (Lipinski definition) is 7. The van der Waals surface area contributed by atoms with Crippen molar-refractivity contribution < 1.29 is 59.6 Å². The molecule has 7 N–H and O–H groups in total. The molecule has 3 atom stereocenters. The van der Waals surface area contributed by atoms with Crippen LogP contribution in [0.1, 0.15) is 34.3 Å². The van der Waals surface area contributed by atoms with Gasteiger partial charge in [-0.1, -0.05) is 18.2 Å². The maximum atomic E-state index is 13.6. The van der Waals surface area contributed by atoms with Gasteiger partial charge in [-0.05, 0) is 53.1 Å². The van der Waals surface area contributed by atoms with Gasteiger partial charge in [0.25, 0.3) is 0 Å². The molecule has 0 fully saturated rings. The summed E-state index contributed by atoms with van der Waals surface area (Å²) in [6.07, 6.45) is -1.46. The van der Waals surface area contributed by atoms with Crippen LogP contribution in [0.4, 0.5) is 0 Å². The highest BCUT2D eigenvalue weighted by Gasteiger charge is 2.45. The second-order valence-corrected chi connectivity index (χ2v) is 8.64. The molecule has 0 saturated heterocycles. The number of esters is 1. The van der Waals surface area contributed by atoms with Crippen LogP contribution in [-0.4, -0.2) is 59.8 Å². The SMILES string of the molecule is O=C(O)C=Cc1ccc(O)c2c1[C@@H](C(=O)O[C@H](Cc1ccc(O)c(O)c1)C(=O)O)[C@@H](c1ccc(O)c(O)c1)O2. The van der Waals surface area contributed by atoms with Crippen LogP contribution in [0.2, 0.25) is 0 Å². The average molecular weight is 538 g/mol. The summed E-state index contributed by atoms with van der Waals surface area (Å²) in [6, 6.07) is 9.74. The maximum Gasteiger partial charge on any atom is 0.345 e. The van der Waals surface area contributed by atoms with Gasteiger partial charge in [-0.15, -0.1) is 0 Å². The molecular formula is C27H22O12. The molecule has 202 valence electrons. The molecule has 3 aromatic rings. The lowest BCUT2D eigenvalue weighted by Crippen LogP contribution is -2.32. The summed E-state index contributed by atoms with van der Waals surface area (Å²) >= 11 is 0. The van der Waals surface area contributed by atoms with Gasteiger partial charge in [0, 0.05) is 18.1 Å². The summed E-state index contributed by atoms with van der Waals surface area (Å²) in [6.45, 7) is 0. The van der Waals surface area contributed by atoms with Crippen molar-refractivity contribution in [3.8, 4) is 34.5 Å². The molecule has 0 saturated carbocycles. The minimum atomic E-state index is -1.75. The Morgan fingerprint density at radius 2 is 1.49 bits per heavy atom. The molecule has 0 aliphatic carbocycles. The molecule has 39 heavy (non-hydrogen) atoms. The van der Waals surface area contributed by atoms with Crippen molar-refractivity contribution in [2.24, 2.45) is 0 Å². The molecule has 1 aliphatic rings. The van der Waals surface area contributed by atoms with E-state index in [9.17, 15) is 45.0 Å². The number of hydrogen-bond acceptors (Lipinski definition) is 10. The highest BCUT2D eigenvalue weighted by atomic mass is 16.6. The third kappa shape index (κ3) is 5.49. The Hall–Kier alpha value is -5.39. The molecule has 1 heterocycles. The van der Waals surface area contributed by atoms with Crippen LogP contribution in [-0.2, 0) is 25.5 Å². The first-order valence-corrected chi connectivity index (χ1v) is 11.4. The maximum absolute atomic E-state index is 13.6. The van der Waals surface area contributed by atoms with Gasteiger partial charge < -0.3 is 45.2 Å². The predicted octanol–water partition coefficient (Wildman–Crippen LogP) is 2.77. The van der Waals surface area contributed by atoms with E-state index in [2.05, 4.69) is 0 Å². The number of rotatable bonds is 8. The highest BCUT2D eigenvalue weighted by molar-refractivity contribution is 5.90. The second kappa shape index (κ2) is 10.5. The third-order valence-corrected chi connectivity index (χ3v) is 6.05. The monoisotopic (exact) mass is 538 g/mol. The largest absolute Gasteiger partial charge is 0.504 e. The molecule has 3 aromatic carbocycles. The number of carbonyl (C=O) groups excluding carboxylic acids is 1. The van der Waals surface area contributed by atoms with Gasteiger partial charge >= 0.3 is 17.9 Å². The van der Waals surface area contributed by atoms with E-state index in [-0.39, 0.29) is 34.4 Å². The summed E-state index contributed by atoms with van der Waals surface area (Å²) in [5, 5.41) is 68.3. The Bertz CT molecular complexity index is 1490. The number of ether oxygens (including phenoxy) is 2. The van der Waals surface area contributed by atoms with Crippen molar-refractivity contribution in [1.82, 2.24) is 0 Å². The van der Waals surface area contributed by atoms with Gasteiger partial charge in [0.15, 0.2) is 34.5 Å². The summed E-state index contributed by atoms with van der Waals surface area (Å²) in [5.41, 5.74) is 0.567. The van der Waals surface area contributed by atoms with Gasteiger partial charge in [0.05, 0.1) is 0 Å². The van der Waals surface area contributed by atoms with E-state index in [4.69, 9.17) is 14.6 Å². The fourth-order valence-electron chi connectivity index (χ4n) is 4.22. The van der Waals surface area contributed by atoms with Crippen molar-refractivity contribution >= 4 is 24.0 Å². The number of carboxylic acid groups (broad SMARTS) is 2. The molecule has 0 radical (unpaired) electrons. The molecular weight excluding hydrogens is 516 g/mol. The van der Waals surface area contributed by atoms with Crippen LogP contribution >= 0.6 is 0 Å². The number of phenolic OH excluding ortho intramolecular Hbond substituents is 5. The summed E-state index contributed by atoms with van der Waals surface area (Å²) < 4.78 is 11.2. The molecule has 12 heteroatoms. The first-order chi connectivity index (χ1) is 18.5. The van der Waals surface area contributed by atoms with Crippen LogP contribution in [0.25, 0.3) is 6.08 Å². The third-order valence-electron chi connectivity index (χ3n) is 6.05. The first-order valence-electron chi connectivity index (χ1n) is 11.4. The quantitative estimate of drug-likeness (QED) is 0.125. The first kappa shape index (κ1) is 26.7. The molecule has 0 amide bonds. The smallest absolute Gasteiger partial charge is 0.345 e. The van der Waals surface area contributed by atoms with E-state index in [1.807, 2.05) is 0 Å². The number of fused-ring (bicyclic) bond motifs is 1. The van der Waals surface area contributed by atoms with Crippen LogP contribution < -0.4 is 4.74 Å². The highest BCUT2D eigenvalue weighted by Crippen LogP contribution is 2.53. The number of benzene rings is 3. The summed E-state index contributed by atoms with van der Waals surface area (Å²) in [4.78, 5) is 36.7. The molecule has 0 spiro atoms. The van der Waals surface area contributed by atoms with Crippen LogP contribution in [0.15, 0.2) is 54.6 Å². The van der Waals surface area contributed by atoms with E-state index in [1.165, 1.54) is 24.3 Å². The Kier molecular flexibility index (Phi) is 7.20. The number of aliphatic carboxylic acids is 2. The van der Waals surface area contributed by atoms with Crippen LogP contribution in [0.5, 0.6) is 34.5 Å². The Morgan fingerprint density at radius 1 is 0.846 bits per heavy atom. The van der Waals surface area contributed by atoms with E-state index in [0.717, 1.165) is 36.4 Å². The molecule has 0 aromatic heterocycles. The Balaban J connectivity index is 1.77. The topological polar surface area (TPSA) is 211 Å². The number of carboxylic acids is 2. The molecule has 0 bridgehead atoms. The second-order valence-electron chi connectivity index (χ2n) is 8.64. The molecule has 0 unspecified atom stereocenters. The fraction of sp³-hybridized carbons (Fsp3) is 0.148. The molecule has 1 aliphatic heterocycles. The zero-order valence-electron chi connectivity index (χ0n) is 19.9. The predicted molar refractivity (Wildman–Crippen MR) is 132 cm³/mol. The zero-order chi connectivity index (χ0) is 28.4.